The van der Waals surface area contributed by atoms with Gasteiger partial charge < -0.3 is 9.47 Å². The molecule has 0 unspecified atom stereocenters. The van der Waals surface area contributed by atoms with E-state index >= 15 is 0 Å². The van der Waals surface area contributed by atoms with Crippen molar-refractivity contribution in [3.63, 3.8) is 0 Å². The van der Waals surface area contributed by atoms with Crippen LogP contribution in [0.5, 0.6) is 0 Å². The fraction of sp³-hybridized carbons (Fsp3) is 0. The van der Waals surface area contributed by atoms with Gasteiger partial charge in [-0.25, -0.2) is 0 Å². The van der Waals surface area contributed by atoms with E-state index in [2.05, 4.69) is 204 Å². The van der Waals surface area contributed by atoms with E-state index in [1.807, 2.05) is 0 Å². The Balaban J connectivity index is 1.10. The van der Waals surface area contributed by atoms with Crippen LogP contribution in [0.25, 0.3) is 70.9 Å². The Morgan fingerprint density at radius 3 is 1.64 bits per heavy atom. The third-order valence-electron chi connectivity index (χ3n) is 10.1. The highest BCUT2D eigenvalue weighted by atomic mass is 15.1. The summed E-state index contributed by atoms with van der Waals surface area (Å²) in [6.07, 6.45) is 0. The molecule has 0 N–H and O–H groups in total. The second-order valence-electron chi connectivity index (χ2n) is 13.0. The number of aromatic nitrogens is 1. The van der Waals surface area contributed by atoms with Crippen LogP contribution in [0.1, 0.15) is 0 Å². The minimum absolute atomic E-state index is 1.11. The summed E-state index contributed by atoms with van der Waals surface area (Å²) in [7, 11) is 0. The van der Waals surface area contributed by atoms with E-state index in [4.69, 9.17) is 0 Å². The molecule has 0 saturated heterocycles. The molecule has 0 aliphatic rings. The number of hydrogen-bond acceptors (Lipinski definition) is 1. The van der Waals surface area contributed by atoms with Crippen molar-refractivity contribution in [1.82, 2.24) is 4.57 Å². The lowest BCUT2D eigenvalue weighted by molar-refractivity contribution is 1.18. The number of benzene rings is 9. The highest BCUT2D eigenvalue weighted by Crippen LogP contribution is 2.40. The van der Waals surface area contributed by atoms with E-state index in [-0.39, 0.29) is 0 Å². The van der Waals surface area contributed by atoms with Gasteiger partial charge in [-0.1, -0.05) is 133 Å². The molecule has 10 rings (SSSR count). The molecule has 9 aromatic carbocycles. The molecule has 0 atom stereocenters. The molecule has 0 amide bonds. The van der Waals surface area contributed by atoms with Gasteiger partial charge in [0, 0.05) is 33.5 Å². The molecule has 0 aliphatic heterocycles. The third kappa shape index (κ3) is 4.57. The van der Waals surface area contributed by atoms with Gasteiger partial charge in [-0.2, -0.15) is 0 Å². The van der Waals surface area contributed by atoms with E-state index in [0.717, 1.165) is 22.7 Å². The lowest BCUT2D eigenvalue weighted by atomic mass is 9.94. The minimum Gasteiger partial charge on any atom is -0.310 e. The summed E-state index contributed by atoms with van der Waals surface area (Å²) in [5.74, 6) is 0. The Labute approximate surface area is 290 Å². The van der Waals surface area contributed by atoms with Gasteiger partial charge >= 0.3 is 0 Å². The highest BCUT2D eigenvalue weighted by Gasteiger charge is 2.17. The number of fused-ring (bicyclic) bond motifs is 8. The van der Waals surface area contributed by atoms with E-state index in [1.54, 1.807) is 0 Å². The summed E-state index contributed by atoms with van der Waals surface area (Å²) in [5.41, 5.74) is 9.29. The largest absolute Gasteiger partial charge is 0.310 e. The summed E-state index contributed by atoms with van der Waals surface area (Å²) in [6.45, 7) is 0. The van der Waals surface area contributed by atoms with E-state index < -0.39 is 0 Å². The first kappa shape index (κ1) is 28.4. The zero-order chi connectivity index (χ0) is 33.0. The van der Waals surface area contributed by atoms with Crippen LogP contribution in [0.3, 0.4) is 0 Å². The summed E-state index contributed by atoms with van der Waals surface area (Å²) in [5, 5.41) is 10.2. The maximum atomic E-state index is 2.38. The van der Waals surface area contributed by atoms with Crippen LogP contribution in [0.2, 0.25) is 0 Å². The standard InChI is InChI=1S/C48H32N2/c1-3-12-37(13-4-1)49(40-27-30-45-44-17-9-10-18-47(44)50(48(45)32-40)38-14-5-2-6-15-38)39-25-21-33(22-26-39)36-20-19-35-24-28-42-41-16-8-7-11-34(41)23-29-43(42)46(35)31-36/h1-32H. The summed E-state index contributed by atoms with van der Waals surface area (Å²) in [4.78, 5) is 2.36. The van der Waals surface area contributed by atoms with Crippen LogP contribution in [0, 0.1) is 0 Å². The van der Waals surface area contributed by atoms with E-state index in [0.29, 0.717) is 0 Å². The number of anilines is 3. The molecule has 0 aliphatic carbocycles. The van der Waals surface area contributed by atoms with Crippen molar-refractivity contribution in [3.8, 4) is 16.8 Å². The molecular weight excluding hydrogens is 605 g/mol. The fourth-order valence-electron chi connectivity index (χ4n) is 7.78. The zero-order valence-electron chi connectivity index (χ0n) is 27.4. The first-order valence-corrected chi connectivity index (χ1v) is 17.2. The van der Waals surface area contributed by atoms with Crippen molar-refractivity contribution in [2.24, 2.45) is 0 Å². The van der Waals surface area contributed by atoms with Crippen molar-refractivity contribution < 1.29 is 0 Å². The molecule has 0 radical (unpaired) electrons. The topological polar surface area (TPSA) is 8.17 Å². The maximum absolute atomic E-state index is 2.38. The Morgan fingerprint density at radius 1 is 0.300 bits per heavy atom. The lowest BCUT2D eigenvalue weighted by Crippen LogP contribution is -2.10. The smallest absolute Gasteiger partial charge is 0.0561 e. The molecule has 0 spiro atoms. The first-order chi connectivity index (χ1) is 24.8. The van der Waals surface area contributed by atoms with Gasteiger partial charge in [-0.3, -0.25) is 0 Å². The van der Waals surface area contributed by atoms with Gasteiger partial charge in [0.1, 0.15) is 0 Å². The van der Waals surface area contributed by atoms with Gasteiger partial charge in [-0.15, -0.1) is 0 Å². The first-order valence-electron chi connectivity index (χ1n) is 17.2. The van der Waals surface area contributed by atoms with Crippen molar-refractivity contribution in [1.29, 1.82) is 0 Å². The molecule has 50 heavy (non-hydrogen) atoms. The lowest BCUT2D eigenvalue weighted by Gasteiger charge is -2.26. The zero-order valence-corrected chi connectivity index (χ0v) is 27.4. The number of hydrogen-bond donors (Lipinski definition) is 0. The summed E-state index contributed by atoms with van der Waals surface area (Å²) < 4.78 is 2.38. The molecule has 1 aromatic heterocycles. The molecule has 2 nitrogen and oxygen atoms in total. The average molecular weight is 637 g/mol. The van der Waals surface area contributed by atoms with Crippen LogP contribution in [-0.4, -0.2) is 4.57 Å². The van der Waals surface area contributed by atoms with Gasteiger partial charge in [0.25, 0.3) is 0 Å². The van der Waals surface area contributed by atoms with E-state index in [1.165, 1.54) is 65.3 Å². The Bertz CT molecular complexity index is 2850. The number of rotatable bonds is 5. The molecule has 0 bridgehead atoms. The van der Waals surface area contributed by atoms with E-state index in [9.17, 15) is 0 Å². The summed E-state index contributed by atoms with van der Waals surface area (Å²) >= 11 is 0. The van der Waals surface area contributed by atoms with Crippen LogP contribution in [0.4, 0.5) is 17.1 Å². The second-order valence-corrected chi connectivity index (χ2v) is 13.0. The monoisotopic (exact) mass is 636 g/mol. The predicted molar refractivity (Wildman–Crippen MR) is 213 cm³/mol. The predicted octanol–water partition coefficient (Wildman–Crippen LogP) is 13.4. The van der Waals surface area contributed by atoms with Crippen molar-refractivity contribution in [2.45, 2.75) is 0 Å². The third-order valence-corrected chi connectivity index (χ3v) is 10.1. The molecule has 234 valence electrons. The Kier molecular flexibility index (Phi) is 6.53. The van der Waals surface area contributed by atoms with Gasteiger partial charge in [0.05, 0.1) is 11.0 Å². The van der Waals surface area contributed by atoms with Crippen molar-refractivity contribution in [2.75, 3.05) is 4.90 Å². The normalized spacial score (nSPS) is 11.6. The SMILES string of the molecule is c1ccc(N(c2ccc(-c3ccc4ccc5c6ccccc6ccc5c4c3)cc2)c2ccc3c4ccccc4n(-c4ccccc4)c3c2)cc1. The molecule has 0 saturated carbocycles. The minimum atomic E-state index is 1.11. The van der Waals surface area contributed by atoms with Crippen molar-refractivity contribution in [3.05, 3.63) is 194 Å². The Hall–Kier alpha value is -6.64. The quantitative estimate of drug-likeness (QED) is 0.171. The van der Waals surface area contributed by atoms with Crippen LogP contribution < -0.4 is 4.90 Å². The second kappa shape index (κ2) is 11.5. The van der Waals surface area contributed by atoms with Gasteiger partial charge in [0.2, 0.25) is 0 Å². The van der Waals surface area contributed by atoms with Crippen LogP contribution in [0.15, 0.2) is 194 Å². The van der Waals surface area contributed by atoms with Crippen molar-refractivity contribution >= 4 is 71.2 Å². The van der Waals surface area contributed by atoms with Gasteiger partial charge in [-0.05, 0) is 104 Å². The maximum Gasteiger partial charge on any atom is 0.0561 e. The fourth-order valence-corrected chi connectivity index (χ4v) is 7.78. The number of nitrogens with zero attached hydrogens (tertiary/aromatic N) is 2. The molecule has 1 heterocycles. The summed E-state index contributed by atoms with van der Waals surface area (Å²) in [6, 6.07) is 70.4. The number of para-hydroxylation sites is 3. The highest BCUT2D eigenvalue weighted by molar-refractivity contribution is 6.17. The van der Waals surface area contributed by atoms with Gasteiger partial charge in [0.15, 0.2) is 0 Å². The molecular formula is C48H32N2. The Morgan fingerprint density at radius 2 is 0.840 bits per heavy atom. The molecule has 10 aromatic rings. The molecule has 0 fully saturated rings. The van der Waals surface area contributed by atoms with Crippen LogP contribution >= 0.6 is 0 Å². The average Bonchev–Trinajstić information content (AvgIpc) is 3.52. The molecule has 2 heteroatoms. The van der Waals surface area contributed by atoms with Crippen LogP contribution in [-0.2, 0) is 0 Å².